The molecule has 1 heterocycles. The number of nitro groups is 1. The lowest BCUT2D eigenvalue weighted by Gasteiger charge is -2.07. The molecule has 1 amide bonds. The molecule has 3 N–H and O–H groups in total. The van der Waals surface area contributed by atoms with Crippen LogP contribution in [0.2, 0.25) is 0 Å². The van der Waals surface area contributed by atoms with Crippen LogP contribution in [0.4, 0.5) is 10.8 Å². The van der Waals surface area contributed by atoms with E-state index in [1.54, 1.807) is 24.4 Å². The van der Waals surface area contributed by atoms with Gasteiger partial charge < -0.3 is 11.1 Å². The Labute approximate surface area is 118 Å². The van der Waals surface area contributed by atoms with E-state index in [9.17, 15) is 14.9 Å². The first-order valence-corrected chi connectivity index (χ1v) is 6.61. The molecule has 0 saturated carbocycles. The molecule has 0 aliphatic rings. The van der Waals surface area contributed by atoms with Crippen molar-refractivity contribution in [1.29, 1.82) is 0 Å². The van der Waals surface area contributed by atoms with Crippen molar-refractivity contribution in [3.05, 3.63) is 39.8 Å². The zero-order chi connectivity index (χ0) is 14.7. The van der Waals surface area contributed by atoms with Crippen LogP contribution in [0.3, 0.4) is 0 Å². The van der Waals surface area contributed by atoms with Crippen molar-refractivity contribution >= 4 is 28.1 Å². The van der Waals surface area contributed by atoms with Crippen LogP contribution in [0.15, 0.2) is 29.6 Å². The molecule has 2 rings (SSSR count). The quantitative estimate of drug-likeness (QED) is 0.646. The fourth-order valence-electron chi connectivity index (χ4n) is 1.48. The number of primary amides is 1. The van der Waals surface area contributed by atoms with Crippen LogP contribution >= 0.6 is 11.3 Å². The summed E-state index contributed by atoms with van der Waals surface area (Å²) in [5.41, 5.74) is 6.64. The Hall–Kier alpha value is -2.48. The number of nitro benzene ring substituents is 1. The monoisotopic (exact) mass is 292 g/mol. The molecule has 1 aromatic heterocycles. The second-order valence-corrected chi connectivity index (χ2v) is 4.97. The van der Waals surface area contributed by atoms with E-state index in [0.29, 0.717) is 10.8 Å². The molecule has 1 unspecified atom stereocenters. The van der Waals surface area contributed by atoms with Crippen LogP contribution in [0, 0.1) is 10.1 Å². The largest absolute Gasteiger partial charge is 0.368 e. The minimum Gasteiger partial charge on any atom is -0.368 e. The number of amides is 1. The third-order valence-corrected chi connectivity index (χ3v) is 3.42. The fraction of sp³-hybridized carbons (Fsp3) is 0.167. The molecule has 20 heavy (non-hydrogen) atoms. The van der Waals surface area contributed by atoms with Crippen LogP contribution in [-0.4, -0.2) is 21.9 Å². The number of rotatable bonds is 5. The van der Waals surface area contributed by atoms with Crippen molar-refractivity contribution in [1.82, 2.24) is 4.98 Å². The van der Waals surface area contributed by atoms with Crippen LogP contribution in [0.25, 0.3) is 11.3 Å². The summed E-state index contributed by atoms with van der Waals surface area (Å²) in [4.78, 5) is 25.4. The average molecular weight is 292 g/mol. The number of aromatic nitrogens is 1. The van der Waals surface area contributed by atoms with Gasteiger partial charge in [0.15, 0.2) is 5.13 Å². The predicted molar refractivity (Wildman–Crippen MR) is 76.5 cm³/mol. The molecule has 7 nitrogen and oxygen atoms in total. The van der Waals surface area contributed by atoms with E-state index in [1.807, 2.05) is 0 Å². The number of non-ortho nitro benzene ring substituents is 1. The highest BCUT2D eigenvalue weighted by molar-refractivity contribution is 7.14. The van der Waals surface area contributed by atoms with Gasteiger partial charge in [-0.05, 0) is 19.1 Å². The number of thiazole rings is 1. The summed E-state index contributed by atoms with van der Waals surface area (Å²) in [6, 6.07) is 5.61. The minimum atomic E-state index is -0.508. The number of nitrogens with one attached hydrogen (secondary N) is 1. The van der Waals surface area contributed by atoms with Crippen molar-refractivity contribution in [3.8, 4) is 11.3 Å². The van der Waals surface area contributed by atoms with Crippen molar-refractivity contribution in [3.63, 3.8) is 0 Å². The van der Waals surface area contributed by atoms with Gasteiger partial charge in [-0.3, -0.25) is 14.9 Å². The Bertz CT molecular complexity index is 638. The second kappa shape index (κ2) is 5.66. The first-order valence-electron chi connectivity index (χ1n) is 5.73. The van der Waals surface area contributed by atoms with Gasteiger partial charge in [0.1, 0.15) is 6.04 Å². The number of benzene rings is 1. The molecule has 104 valence electrons. The summed E-state index contributed by atoms with van der Waals surface area (Å²) < 4.78 is 0. The molecule has 1 aromatic carbocycles. The van der Waals surface area contributed by atoms with Gasteiger partial charge >= 0.3 is 0 Å². The van der Waals surface area contributed by atoms with E-state index >= 15 is 0 Å². The van der Waals surface area contributed by atoms with Crippen LogP contribution < -0.4 is 11.1 Å². The maximum atomic E-state index is 11.0. The van der Waals surface area contributed by atoms with Gasteiger partial charge in [0, 0.05) is 23.1 Å². The summed E-state index contributed by atoms with van der Waals surface area (Å²) in [7, 11) is 0. The zero-order valence-electron chi connectivity index (χ0n) is 10.6. The van der Waals surface area contributed by atoms with Crippen molar-refractivity contribution in [2.75, 3.05) is 5.32 Å². The molecule has 0 saturated heterocycles. The summed E-state index contributed by atoms with van der Waals surface area (Å²) in [5, 5.41) is 15.8. The SMILES string of the molecule is CC(Nc1nc(-c2ccc([N+](=O)[O-])cc2)cs1)C(N)=O. The first kappa shape index (κ1) is 13.9. The molecular weight excluding hydrogens is 280 g/mol. The highest BCUT2D eigenvalue weighted by atomic mass is 32.1. The Kier molecular flexibility index (Phi) is 3.94. The predicted octanol–water partition coefficient (Wildman–Crippen LogP) is 2.00. The van der Waals surface area contributed by atoms with Gasteiger partial charge in [0.2, 0.25) is 5.91 Å². The highest BCUT2D eigenvalue weighted by Gasteiger charge is 2.12. The van der Waals surface area contributed by atoms with Gasteiger partial charge in [0.05, 0.1) is 10.6 Å². The molecule has 1 atom stereocenters. The van der Waals surface area contributed by atoms with E-state index in [4.69, 9.17) is 5.73 Å². The van der Waals surface area contributed by atoms with Crippen molar-refractivity contribution < 1.29 is 9.72 Å². The second-order valence-electron chi connectivity index (χ2n) is 4.11. The van der Waals surface area contributed by atoms with Gasteiger partial charge in [0.25, 0.3) is 5.69 Å². The number of anilines is 1. The summed E-state index contributed by atoms with van der Waals surface area (Å²) in [5.74, 6) is -0.461. The number of nitrogens with two attached hydrogens (primary N) is 1. The van der Waals surface area contributed by atoms with Crippen molar-refractivity contribution in [2.24, 2.45) is 5.73 Å². The summed E-state index contributed by atoms with van der Waals surface area (Å²) in [6.07, 6.45) is 0. The first-order chi connectivity index (χ1) is 9.47. The maximum absolute atomic E-state index is 11.0. The molecule has 0 bridgehead atoms. The Morgan fingerprint density at radius 2 is 2.10 bits per heavy atom. The summed E-state index contributed by atoms with van der Waals surface area (Å²) in [6.45, 7) is 1.65. The van der Waals surface area contributed by atoms with Gasteiger partial charge in [-0.15, -0.1) is 11.3 Å². The van der Waals surface area contributed by atoms with Crippen LogP contribution in [-0.2, 0) is 4.79 Å². The smallest absolute Gasteiger partial charge is 0.269 e. The van der Waals surface area contributed by atoms with E-state index < -0.39 is 16.9 Å². The zero-order valence-corrected chi connectivity index (χ0v) is 11.4. The van der Waals surface area contributed by atoms with Gasteiger partial charge in [-0.25, -0.2) is 4.98 Å². The molecule has 8 heteroatoms. The lowest BCUT2D eigenvalue weighted by molar-refractivity contribution is -0.384. The highest BCUT2D eigenvalue weighted by Crippen LogP contribution is 2.26. The average Bonchev–Trinajstić information content (AvgIpc) is 2.87. The number of carbonyl (C=O) groups is 1. The normalized spacial score (nSPS) is 11.8. The molecule has 0 fully saturated rings. The Morgan fingerprint density at radius 3 is 2.65 bits per heavy atom. The van der Waals surface area contributed by atoms with E-state index in [1.165, 1.54) is 23.5 Å². The lowest BCUT2D eigenvalue weighted by Crippen LogP contribution is -2.32. The van der Waals surface area contributed by atoms with Gasteiger partial charge in [-0.1, -0.05) is 0 Å². The Balaban J connectivity index is 2.16. The summed E-state index contributed by atoms with van der Waals surface area (Å²) >= 11 is 1.34. The maximum Gasteiger partial charge on any atom is 0.269 e. The number of hydrogen-bond acceptors (Lipinski definition) is 6. The fourth-order valence-corrected chi connectivity index (χ4v) is 2.29. The lowest BCUT2D eigenvalue weighted by atomic mass is 10.1. The number of nitrogens with zero attached hydrogens (tertiary/aromatic N) is 2. The molecule has 0 aliphatic carbocycles. The standard InChI is InChI=1S/C12H12N4O3S/c1-7(11(13)17)14-12-15-10(6-20-12)8-2-4-9(5-3-8)16(18)19/h2-7H,1H3,(H2,13,17)(H,14,15). The molecule has 0 spiro atoms. The van der Waals surface area contributed by atoms with Crippen LogP contribution in [0.5, 0.6) is 0 Å². The van der Waals surface area contributed by atoms with Crippen molar-refractivity contribution in [2.45, 2.75) is 13.0 Å². The van der Waals surface area contributed by atoms with Gasteiger partial charge in [-0.2, -0.15) is 0 Å². The third-order valence-electron chi connectivity index (χ3n) is 2.64. The number of carbonyl (C=O) groups excluding carboxylic acids is 1. The minimum absolute atomic E-state index is 0.0321. The topological polar surface area (TPSA) is 111 Å². The van der Waals surface area contributed by atoms with E-state index in [-0.39, 0.29) is 5.69 Å². The molecule has 2 aromatic rings. The van der Waals surface area contributed by atoms with E-state index in [0.717, 1.165) is 5.56 Å². The molecular formula is C12H12N4O3S. The molecule has 0 aliphatic heterocycles. The van der Waals surface area contributed by atoms with Crippen LogP contribution in [0.1, 0.15) is 6.92 Å². The Morgan fingerprint density at radius 1 is 1.45 bits per heavy atom. The third kappa shape index (κ3) is 3.09. The number of hydrogen-bond donors (Lipinski definition) is 2. The molecule has 0 radical (unpaired) electrons. The van der Waals surface area contributed by atoms with E-state index in [2.05, 4.69) is 10.3 Å².